The van der Waals surface area contributed by atoms with E-state index in [1.165, 1.54) is 6.42 Å². The van der Waals surface area contributed by atoms with Crippen molar-refractivity contribution in [3.8, 4) is 0 Å². The standard InChI is InChI=1S/C34H50F3NO3/c1-28(2)12-8-13-31(5)25(28)11-14-33(7)26(31)24(39)19-22-23-20-30(4,16-15-29(23,3)17-18-32(22,33)6)27(40)38(34(35,36)37)41-21-9-10-21/h19,21,23,25-26H,8-18,20H2,1-7H3/t23-,25?,26-,29-,30?,31+,32-,33-/m1/s1. The molecular formula is C34H50F3NO3. The quantitative estimate of drug-likeness (QED) is 0.249. The third-order valence-corrected chi connectivity index (χ3v) is 14.0. The predicted molar refractivity (Wildman–Crippen MR) is 151 cm³/mol. The van der Waals surface area contributed by atoms with Crippen molar-refractivity contribution >= 4 is 11.7 Å². The topological polar surface area (TPSA) is 46.6 Å². The average molecular weight is 578 g/mol. The Morgan fingerprint density at radius 2 is 1.56 bits per heavy atom. The van der Waals surface area contributed by atoms with Gasteiger partial charge in [0.15, 0.2) is 5.78 Å². The highest BCUT2D eigenvalue weighted by Crippen LogP contribution is 2.75. The van der Waals surface area contributed by atoms with Gasteiger partial charge < -0.3 is 0 Å². The molecule has 0 N–H and O–H groups in total. The third kappa shape index (κ3) is 4.16. The zero-order chi connectivity index (χ0) is 30.0. The van der Waals surface area contributed by atoms with Gasteiger partial charge in [0.2, 0.25) is 0 Å². The molecule has 0 radical (unpaired) electrons. The van der Waals surface area contributed by atoms with E-state index in [1.807, 2.05) is 6.08 Å². The fraction of sp³-hybridized carbons (Fsp3) is 0.882. The van der Waals surface area contributed by atoms with Crippen LogP contribution in [0.1, 0.15) is 126 Å². The molecule has 6 rings (SSSR count). The van der Waals surface area contributed by atoms with Crippen molar-refractivity contribution in [2.45, 2.75) is 138 Å². The smallest absolute Gasteiger partial charge is 0.295 e. The number of carbonyl (C=O) groups excluding carboxylic acids is 2. The molecule has 0 aromatic carbocycles. The van der Waals surface area contributed by atoms with Gasteiger partial charge in [-0.1, -0.05) is 60.5 Å². The highest BCUT2D eigenvalue weighted by molar-refractivity contribution is 5.95. The van der Waals surface area contributed by atoms with Crippen molar-refractivity contribution < 1.29 is 27.6 Å². The van der Waals surface area contributed by atoms with Crippen LogP contribution in [0.4, 0.5) is 13.2 Å². The number of ketones is 1. The van der Waals surface area contributed by atoms with Crippen LogP contribution < -0.4 is 0 Å². The van der Waals surface area contributed by atoms with Gasteiger partial charge in [-0.15, -0.1) is 18.2 Å². The maximum atomic E-state index is 14.4. The van der Waals surface area contributed by atoms with Crippen molar-refractivity contribution in [3.63, 3.8) is 0 Å². The minimum Gasteiger partial charge on any atom is -0.295 e. The first-order valence-electron chi connectivity index (χ1n) is 16.2. The van der Waals surface area contributed by atoms with Crippen molar-refractivity contribution in [2.75, 3.05) is 0 Å². The average Bonchev–Trinajstić information content (AvgIpc) is 3.67. The largest absolute Gasteiger partial charge is 0.511 e. The molecule has 6 aliphatic rings. The second-order valence-corrected chi connectivity index (χ2v) is 17.0. The molecule has 0 saturated heterocycles. The molecular weight excluding hydrogens is 527 g/mol. The number of hydrogen-bond donors (Lipinski definition) is 0. The molecule has 1 amide bonds. The van der Waals surface area contributed by atoms with E-state index in [0.29, 0.717) is 38.0 Å². The van der Waals surface area contributed by atoms with Gasteiger partial charge in [0, 0.05) is 11.3 Å². The molecule has 230 valence electrons. The van der Waals surface area contributed by atoms with Crippen LogP contribution in [0.2, 0.25) is 0 Å². The van der Waals surface area contributed by atoms with Gasteiger partial charge in [-0.3, -0.25) is 14.4 Å². The first-order chi connectivity index (χ1) is 18.8. The summed E-state index contributed by atoms with van der Waals surface area (Å²) < 4.78 is 42.2. The molecule has 6 aliphatic carbocycles. The molecule has 0 aromatic rings. The fourth-order valence-electron chi connectivity index (χ4n) is 11.3. The normalized spacial score (nSPS) is 47.3. The Balaban J connectivity index is 1.38. The second-order valence-electron chi connectivity index (χ2n) is 17.0. The van der Waals surface area contributed by atoms with Crippen molar-refractivity contribution in [1.29, 1.82) is 0 Å². The summed E-state index contributed by atoms with van der Waals surface area (Å²) in [5, 5.41) is -0.264. The van der Waals surface area contributed by atoms with E-state index >= 15 is 0 Å². The van der Waals surface area contributed by atoms with Crippen molar-refractivity contribution in [2.24, 2.45) is 50.2 Å². The molecule has 2 unspecified atom stereocenters. The molecule has 0 spiro atoms. The number of alkyl halides is 3. The van der Waals surface area contributed by atoms with Gasteiger partial charge >= 0.3 is 6.30 Å². The first kappa shape index (κ1) is 29.7. The summed E-state index contributed by atoms with van der Waals surface area (Å²) in [5.74, 6) is -0.392. The Bertz CT molecular complexity index is 1170. The van der Waals surface area contributed by atoms with Gasteiger partial charge in [0.05, 0.1) is 6.10 Å². The summed E-state index contributed by atoms with van der Waals surface area (Å²) in [6, 6.07) is 0. The number of rotatable bonds is 3. The van der Waals surface area contributed by atoms with Crippen LogP contribution in [-0.2, 0) is 14.4 Å². The van der Waals surface area contributed by atoms with E-state index in [4.69, 9.17) is 4.84 Å². The lowest BCUT2D eigenvalue weighted by molar-refractivity contribution is -0.359. The van der Waals surface area contributed by atoms with E-state index in [9.17, 15) is 22.8 Å². The van der Waals surface area contributed by atoms with Gasteiger partial charge in [0.1, 0.15) is 0 Å². The SMILES string of the molecule is CC1(C(=O)N(OC2CC2)C(F)(F)F)CC[C@]2(C)CC[C@]3(C)C(=CC(=O)[C@@H]4[C@@]5(C)CCCC(C)(C)C5CC[C@]43C)[C@H]2C1. The summed E-state index contributed by atoms with van der Waals surface area (Å²) in [6.07, 6.45) is 6.51. The van der Waals surface area contributed by atoms with E-state index < -0.39 is 23.7 Å². The zero-order valence-corrected chi connectivity index (χ0v) is 26.2. The van der Waals surface area contributed by atoms with Crippen molar-refractivity contribution in [1.82, 2.24) is 5.06 Å². The summed E-state index contributed by atoms with van der Waals surface area (Å²) in [6.45, 7) is 15.8. The van der Waals surface area contributed by atoms with Gasteiger partial charge in [-0.25, -0.2) is 0 Å². The van der Waals surface area contributed by atoms with E-state index in [-0.39, 0.29) is 49.8 Å². The van der Waals surface area contributed by atoms with Crippen molar-refractivity contribution in [3.05, 3.63) is 11.6 Å². The number of hydrogen-bond acceptors (Lipinski definition) is 3. The van der Waals surface area contributed by atoms with Crippen LogP contribution in [0.3, 0.4) is 0 Å². The molecule has 5 saturated carbocycles. The molecule has 7 heteroatoms. The number of halogens is 3. The Hall–Kier alpha value is -1.37. The maximum Gasteiger partial charge on any atom is 0.511 e. The Kier molecular flexibility index (Phi) is 6.41. The number of amides is 1. The zero-order valence-electron chi connectivity index (χ0n) is 26.2. The fourth-order valence-corrected chi connectivity index (χ4v) is 11.3. The lowest BCUT2D eigenvalue weighted by atomic mass is 9.33. The number of hydroxylamine groups is 2. The van der Waals surface area contributed by atoms with Gasteiger partial charge in [-0.05, 0) is 116 Å². The van der Waals surface area contributed by atoms with Crippen LogP contribution in [0.15, 0.2) is 11.6 Å². The monoisotopic (exact) mass is 577 g/mol. The summed E-state index contributed by atoms with van der Waals surface area (Å²) in [4.78, 5) is 33.2. The third-order valence-electron chi connectivity index (χ3n) is 14.0. The van der Waals surface area contributed by atoms with E-state index in [2.05, 4.69) is 41.5 Å². The van der Waals surface area contributed by atoms with Gasteiger partial charge in [0.25, 0.3) is 5.91 Å². The molecule has 8 atom stereocenters. The molecule has 0 bridgehead atoms. The van der Waals surface area contributed by atoms with Crippen LogP contribution >= 0.6 is 0 Å². The summed E-state index contributed by atoms with van der Waals surface area (Å²) in [7, 11) is 0. The number of fused-ring (bicyclic) bond motifs is 7. The lowest BCUT2D eigenvalue weighted by Crippen LogP contribution is -2.65. The highest BCUT2D eigenvalue weighted by Gasteiger charge is 2.69. The van der Waals surface area contributed by atoms with Gasteiger partial charge in [-0.2, -0.15) is 0 Å². The van der Waals surface area contributed by atoms with Crippen LogP contribution in [0, 0.1) is 50.2 Å². The van der Waals surface area contributed by atoms with Crippen LogP contribution in [-0.4, -0.2) is 29.2 Å². The van der Waals surface area contributed by atoms with Crippen LogP contribution in [0.25, 0.3) is 0 Å². The van der Waals surface area contributed by atoms with Crippen LogP contribution in [0.5, 0.6) is 0 Å². The molecule has 4 nitrogen and oxygen atoms in total. The lowest BCUT2D eigenvalue weighted by Gasteiger charge is -2.70. The second kappa shape index (κ2) is 8.85. The highest BCUT2D eigenvalue weighted by atomic mass is 19.4. The Morgan fingerprint density at radius 3 is 2.20 bits per heavy atom. The molecule has 0 aliphatic heterocycles. The van der Waals surface area contributed by atoms with E-state index in [1.54, 1.807) is 6.92 Å². The molecule has 0 heterocycles. The minimum atomic E-state index is -4.88. The molecule has 41 heavy (non-hydrogen) atoms. The summed E-state index contributed by atoms with van der Waals surface area (Å²) >= 11 is 0. The minimum absolute atomic E-state index is 0.0456. The Morgan fingerprint density at radius 1 is 0.902 bits per heavy atom. The first-order valence-corrected chi connectivity index (χ1v) is 16.2. The summed E-state index contributed by atoms with van der Waals surface area (Å²) in [5.41, 5.74) is -0.493. The van der Waals surface area contributed by atoms with E-state index in [0.717, 1.165) is 44.1 Å². The number of nitrogens with zero attached hydrogens (tertiary/aromatic N) is 1. The predicted octanol–water partition coefficient (Wildman–Crippen LogP) is 8.80. The molecule has 0 aromatic heterocycles. The number of allylic oxidation sites excluding steroid dienone is 2. The number of carbonyl (C=O) groups is 2. The maximum absolute atomic E-state index is 14.4. The Labute approximate surface area is 244 Å². The molecule has 5 fully saturated rings.